The number of carbonyl (C=O) groups excluding carboxylic acids is 1. The third kappa shape index (κ3) is 2.20. The average molecular weight is 188 g/mol. The molecule has 1 aromatic rings. The van der Waals surface area contributed by atoms with Crippen molar-refractivity contribution in [2.24, 2.45) is 0 Å². The van der Waals surface area contributed by atoms with Crippen molar-refractivity contribution in [3.05, 3.63) is 34.9 Å². The molecule has 0 saturated heterocycles. The van der Waals surface area contributed by atoms with Gasteiger partial charge in [0.2, 0.25) is 0 Å². The van der Waals surface area contributed by atoms with E-state index in [1.807, 2.05) is 0 Å². The summed E-state index contributed by atoms with van der Waals surface area (Å²) in [5.41, 5.74) is 1.66. The summed E-state index contributed by atoms with van der Waals surface area (Å²) >= 11 is 5.72. The minimum Gasteiger partial charge on any atom is -0.272 e. The Bertz CT molecular complexity index is 290. The van der Waals surface area contributed by atoms with Gasteiger partial charge in [0.05, 0.1) is 6.42 Å². The van der Waals surface area contributed by atoms with E-state index in [1.165, 1.54) is 0 Å². The fourth-order valence-corrected chi connectivity index (χ4v) is 1.05. The highest BCUT2D eigenvalue weighted by atomic mass is 35.5. The zero-order valence-corrected chi connectivity index (χ0v) is 6.94. The first-order chi connectivity index (χ1) is 5.74. The van der Waals surface area contributed by atoms with Gasteiger partial charge < -0.3 is 0 Å². The third-order valence-corrected chi connectivity index (χ3v) is 1.78. The molecule has 0 saturated carbocycles. The average Bonchev–Trinajstić information content (AvgIpc) is 2.09. The van der Waals surface area contributed by atoms with Gasteiger partial charge in [0.15, 0.2) is 0 Å². The normalized spacial score (nSPS) is 9.50. The van der Waals surface area contributed by atoms with E-state index in [-0.39, 0.29) is 6.42 Å². The van der Waals surface area contributed by atoms with Crippen molar-refractivity contribution in [1.82, 2.24) is 5.54 Å². The van der Waals surface area contributed by atoms with Gasteiger partial charge in [0.25, 0.3) is 5.91 Å². The van der Waals surface area contributed by atoms with Crippen molar-refractivity contribution in [1.29, 1.82) is 0 Å². The first-order valence-electron chi connectivity index (χ1n) is 3.37. The Labute approximate surface area is 74.3 Å². The molecule has 12 heavy (non-hydrogen) atoms. The van der Waals surface area contributed by atoms with E-state index < -0.39 is 5.91 Å². The molecular formula is C8H7ClFNO. The van der Waals surface area contributed by atoms with Crippen LogP contribution in [-0.2, 0) is 11.2 Å². The van der Waals surface area contributed by atoms with Crippen LogP contribution in [0, 0.1) is 0 Å². The van der Waals surface area contributed by atoms with Gasteiger partial charge in [-0.25, -0.2) is 0 Å². The number of carbonyl (C=O) groups is 1. The fourth-order valence-electron chi connectivity index (χ4n) is 0.848. The quantitative estimate of drug-likeness (QED) is 0.704. The zero-order valence-electron chi connectivity index (χ0n) is 6.18. The molecule has 1 N–H and O–H groups in total. The Morgan fingerprint density at radius 3 is 2.75 bits per heavy atom. The number of nitrogens with one attached hydrogen (secondary N) is 1. The molecule has 1 rings (SSSR count). The molecule has 0 heterocycles. The van der Waals surface area contributed by atoms with E-state index in [9.17, 15) is 9.28 Å². The van der Waals surface area contributed by atoms with Gasteiger partial charge in [-0.3, -0.25) is 4.79 Å². The Balaban J connectivity index is 2.75. The second-order valence-corrected chi connectivity index (χ2v) is 2.69. The maximum atomic E-state index is 11.6. The predicted molar refractivity (Wildman–Crippen MR) is 44.4 cm³/mol. The monoisotopic (exact) mass is 187 g/mol. The summed E-state index contributed by atoms with van der Waals surface area (Å²) in [5, 5.41) is 0.473. The lowest BCUT2D eigenvalue weighted by molar-refractivity contribution is -0.124. The Hall–Kier alpha value is -1.09. The van der Waals surface area contributed by atoms with Crippen LogP contribution in [0.5, 0.6) is 0 Å². The maximum Gasteiger partial charge on any atom is 0.252 e. The van der Waals surface area contributed by atoms with Gasteiger partial charge in [0, 0.05) is 5.02 Å². The Kier molecular flexibility index (Phi) is 3.05. The highest BCUT2D eigenvalue weighted by molar-refractivity contribution is 6.31. The van der Waals surface area contributed by atoms with E-state index in [4.69, 9.17) is 11.6 Å². The third-order valence-electron chi connectivity index (χ3n) is 1.41. The molecule has 0 aromatic heterocycles. The lowest BCUT2D eigenvalue weighted by Crippen LogP contribution is -2.16. The number of rotatable bonds is 2. The van der Waals surface area contributed by atoms with E-state index in [2.05, 4.69) is 0 Å². The molecule has 0 radical (unpaired) electrons. The van der Waals surface area contributed by atoms with Crippen LogP contribution in [0.1, 0.15) is 5.56 Å². The van der Waals surface area contributed by atoms with Crippen LogP contribution >= 0.6 is 11.6 Å². The largest absolute Gasteiger partial charge is 0.272 e. The van der Waals surface area contributed by atoms with Gasteiger partial charge >= 0.3 is 0 Å². The SMILES string of the molecule is O=C(Cc1ccccc1Cl)NF. The first-order valence-corrected chi connectivity index (χ1v) is 3.74. The topological polar surface area (TPSA) is 29.1 Å². The number of halogens is 2. The van der Waals surface area contributed by atoms with E-state index in [1.54, 1.807) is 24.3 Å². The molecule has 64 valence electrons. The van der Waals surface area contributed by atoms with Crippen molar-refractivity contribution < 1.29 is 9.28 Å². The van der Waals surface area contributed by atoms with Crippen LogP contribution in [0.15, 0.2) is 24.3 Å². The van der Waals surface area contributed by atoms with Gasteiger partial charge in [-0.2, -0.15) is 5.54 Å². The molecule has 4 heteroatoms. The second-order valence-electron chi connectivity index (χ2n) is 2.29. The van der Waals surface area contributed by atoms with Gasteiger partial charge in [-0.15, -0.1) is 4.48 Å². The van der Waals surface area contributed by atoms with E-state index in [0.717, 1.165) is 5.54 Å². The van der Waals surface area contributed by atoms with Crippen molar-refractivity contribution in [2.75, 3.05) is 0 Å². The summed E-state index contributed by atoms with van der Waals surface area (Å²) < 4.78 is 11.6. The summed E-state index contributed by atoms with van der Waals surface area (Å²) in [6.07, 6.45) is -0.0316. The number of amides is 1. The maximum absolute atomic E-state index is 11.6. The van der Waals surface area contributed by atoms with Gasteiger partial charge in [-0.05, 0) is 11.6 Å². The molecule has 0 aliphatic carbocycles. The van der Waals surface area contributed by atoms with E-state index in [0.29, 0.717) is 10.6 Å². The number of benzene rings is 1. The van der Waals surface area contributed by atoms with Crippen molar-refractivity contribution in [2.45, 2.75) is 6.42 Å². The minimum absolute atomic E-state index is 0.0316. The molecule has 0 aliphatic rings. The Morgan fingerprint density at radius 1 is 1.50 bits per heavy atom. The summed E-state index contributed by atoms with van der Waals surface area (Å²) in [7, 11) is 0. The molecule has 2 nitrogen and oxygen atoms in total. The highest BCUT2D eigenvalue weighted by Crippen LogP contribution is 2.14. The number of hydrogen-bond acceptors (Lipinski definition) is 1. The van der Waals surface area contributed by atoms with Crippen LogP contribution in [0.4, 0.5) is 4.48 Å². The first kappa shape index (κ1) is 9.00. The molecule has 0 unspecified atom stereocenters. The summed E-state index contributed by atoms with van der Waals surface area (Å²) in [4.78, 5) is 10.6. The van der Waals surface area contributed by atoms with Crippen LogP contribution in [0.25, 0.3) is 0 Å². The van der Waals surface area contributed by atoms with Crippen LogP contribution < -0.4 is 5.54 Å². The highest BCUT2D eigenvalue weighted by Gasteiger charge is 2.04. The molecule has 0 bridgehead atoms. The summed E-state index contributed by atoms with van der Waals surface area (Å²) in [6.45, 7) is 0. The molecule has 0 aliphatic heterocycles. The standard InChI is InChI=1S/C8H7ClFNO/c9-7-4-2-1-3-6(7)5-8(12)11-10/h1-4H,5H2,(H,11,12). The lowest BCUT2D eigenvalue weighted by Gasteiger charge is -2.00. The molecule has 0 fully saturated rings. The smallest absolute Gasteiger partial charge is 0.252 e. The molecule has 1 aromatic carbocycles. The molecule has 0 atom stereocenters. The predicted octanol–water partition coefficient (Wildman–Crippen LogP) is 1.88. The van der Waals surface area contributed by atoms with Crippen LogP contribution in [-0.4, -0.2) is 5.91 Å². The van der Waals surface area contributed by atoms with E-state index >= 15 is 0 Å². The number of hydrogen-bond donors (Lipinski definition) is 1. The van der Waals surface area contributed by atoms with Crippen molar-refractivity contribution in [3.8, 4) is 0 Å². The molecule has 0 spiro atoms. The summed E-state index contributed by atoms with van der Waals surface area (Å²) in [6, 6.07) is 6.83. The lowest BCUT2D eigenvalue weighted by atomic mass is 10.1. The van der Waals surface area contributed by atoms with Crippen molar-refractivity contribution in [3.63, 3.8) is 0 Å². The summed E-state index contributed by atoms with van der Waals surface area (Å²) in [5.74, 6) is -0.692. The van der Waals surface area contributed by atoms with Crippen molar-refractivity contribution >= 4 is 17.5 Å². The molecule has 1 amide bonds. The van der Waals surface area contributed by atoms with Gasteiger partial charge in [0.1, 0.15) is 0 Å². The van der Waals surface area contributed by atoms with Crippen LogP contribution in [0.2, 0.25) is 5.02 Å². The fraction of sp³-hybridized carbons (Fsp3) is 0.125. The van der Waals surface area contributed by atoms with Crippen LogP contribution in [0.3, 0.4) is 0 Å². The molecular weight excluding hydrogens is 181 g/mol. The Morgan fingerprint density at radius 2 is 2.17 bits per heavy atom. The second kappa shape index (κ2) is 4.07. The van der Waals surface area contributed by atoms with Gasteiger partial charge in [-0.1, -0.05) is 29.8 Å². The zero-order chi connectivity index (χ0) is 8.97. The minimum atomic E-state index is -0.692.